The molecular formula is C17H12FINO2S-. The lowest BCUT2D eigenvalue weighted by Crippen LogP contribution is -1.99. The number of aromatic nitrogens is 1. The van der Waals surface area contributed by atoms with Gasteiger partial charge in [0.05, 0.1) is 9.39 Å². The van der Waals surface area contributed by atoms with Crippen LogP contribution < -0.4 is 0 Å². The zero-order chi connectivity index (χ0) is 16.4. The van der Waals surface area contributed by atoms with Gasteiger partial charge in [-0.05, 0) is 70.1 Å². The lowest BCUT2D eigenvalue weighted by Gasteiger charge is -2.12. The third-order valence-electron chi connectivity index (χ3n) is 3.45. The van der Waals surface area contributed by atoms with E-state index < -0.39 is 11.1 Å². The molecule has 1 unspecified atom stereocenters. The highest BCUT2D eigenvalue weighted by molar-refractivity contribution is 14.1. The van der Waals surface area contributed by atoms with Crippen LogP contribution in [0.15, 0.2) is 60.7 Å². The second kappa shape index (κ2) is 6.94. The summed E-state index contributed by atoms with van der Waals surface area (Å²) in [5.41, 5.74) is 3.56. The van der Waals surface area contributed by atoms with Crippen LogP contribution in [0.25, 0.3) is 16.9 Å². The molecule has 118 valence electrons. The van der Waals surface area contributed by atoms with Gasteiger partial charge < -0.3 is 9.12 Å². The Hall–Kier alpha value is -1.51. The van der Waals surface area contributed by atoms with Crippen LogP contribution in [-0.2, 0) is 16.8 Å². The fraction of sp³-hybridized carbons (Fsp3) is 0.0588. The van der Waals surface area contributed by atoms with Gasteiger partial charge in [-0.15, -0.1) is 0 Å². The monoisotopic (exact) mass is 440 g/mol. The summed E-state index contributed by atoms with van der Waals surface area (Å²) >= 11 is 0.139. The Labute approximate surface area is 149 Å². The van der Waals surface area contributed by atoms with Gasteiger partial charge in [0.1, 0.15) is 5.82 Å². The van der Waals surface area contributed by atoms with Gasteiger partial charge in [0, 0.05) is 11.4 Å². The van der Waals surface area contributed by atoms with E-state index in [-0.39, 0.29) is 11.6 Å². The van der Waals surface area contributed by atoms with Crippen molar-refractivity contribution in [2.75, 3.05) is 0 Å². The van der Waals surface area contributed by atoms with Gasteiger partial charge in [0.15, 0.2) is 0 Å². The average molecular weight is 440 g/mol. The summed E-state index contributed by atoms with van der Waals surface area (Å²) in [5, 5.41) is 0. The molecule has 1 heterocycles. The van der Waals surface area contributed by atoms with Crippen molar-refractivity contribution in [1.29, 1.82) is 0 Å². The maximum absolute atomic E-state index is 13.1. The van der Waals surface area contributed by atoms with Gasteiger partial charge >= 0.3 is 0 Å². The first-order chi connectivity index (χ1) is 11.0. The summed E-state index contributed by atoms with van der Waals surface area (Å²) in [4.78, 5) is 0. The highest BCUT2D eigenvalue weighted by Gasteiger charge is 2.10. The summed E-state index contributed by atoms with van der Waals surface area (Å²) in [5.74, 6) is -0.260. The summed E-state index contributed by atoms with van der Waals surface area (Å²) < 4.78 is 37.7. The zero-order valence-electron chi connectivity index (χ0n) is 11.9. The number of halogens is 2. The minimum absolute atomic E-state index is 0.0107. The number of rotatable bonds is 4. The lowest BCUT2D eigenvalue weighted by atomic mass is 10.1. The minimum atomic E-state index is -2.09. The molecule has 0 aliphatic carbocycles. The zero-order valence-corrected chi connectivity index (χ0v) is 14.9. The molecule has 3 aromatic rings. The molecule has 3 rings (SSSR count). The van der Waals surface area contributed by atoms with Gasteiger partial charge in [-0.3, -0.25) is 4.21 Å². The fourth-order valence-electron chi connectivity index (χ4n) is 2.40. The summed E-state index contributed by atoms with van der Waals surface area (Å²) in [7, 11) is 0. The number of nitrogens with zero attached hydrogens (tertiary/aromatic N) is 1. The second-order valence-corrected chi connectivity index (χ2v) is 7.00. The first-order valence-electron chi connectivity index (χ1n) is 6.83. The van der Waals surface area contributed by atoms with Gasteiger partial charge in [-0.2, -0.15) is 0 Å². The van der Waals surface area contributed by atoms with Crippen molar-refractivity contribution in [3.63, 3.8) is 0 Å². The maximum atomic E-state index is 13.1. The quantitative estimate of drug-likeness (QED) is 0.450. The first-order valence-corrected chi connectivity index (χ1v) is 9.15. The van der Waals surface area contributed by atoms with Crippen molar-refractivity contribution < 1.29 is 13.2 Å². The summed E-state index contributed by atoms with van der Waals surface area (Å²) in [6, 6.07) is 17.7. The van der Waals surface area contributed by atoms with Crippen LogP contribution in [-0.4, -0.2) is 13.3 Å². The van der Waals surface area contributed by atoms with E-state index in [1.54, 1.807) is 24.3 Å². The van der Waals surface area contributed by atoms with Crippen LogP contribution in [0.4, 0.5) is 4.39 Å². The third-order valence-corrected chi connectivity index (χ3v) is 4.86. The van der Waals surface area contributed by atoms with Crippen molar-refractivity contribution in [2.24, 2.45) is 0 Å². The molecule has 3 nitrogen and oxygen atoms in total. The molecule has 0 aliphatic rings. The van der Waals surface area contributed by atoms with Crippen LogP contribution in [0, 0.1) is 9.52 Å². The molecule has 0 fully saturated rings. The predicted octanol–water partition coefficient (Wildman–Crippen LogP) is 4.27. The van der Waals surface area contributed by atoms with Crippen LogP contribution in [0.1, 0.15) is 5.56 Å². The molecule has 0 N–H and O–H groups in total. The molecule has 6 heteroatoms. The third kappa shape index (κ3) is 3.70. The van der Waals surface area contributed by atoms with Crippen LogP contribution in [0.5, 0.6) is 0 Å². The Morgan fingerprint density at radius 2 is 1.65 bits per heavy atom. The molecule has 1 aromatic heterocycles. The van der Waals surface area contributed by atoms with E-state index in [9.17, 15) is 13.2 Å². The Kier molecular flexibility index (Phi) is 4.93. The average Bonchev–Trinajstić information content (AvgIpc) is 2.90. The topological polar surface area (TPSA) is 45.1 Å². The molecule has 0 aliphatic heterocycles. The van der Waals surface area contributed by atoms with Crippen LogP contribution in [0.2, 0.25) is 0 Å². The molecule has 0 radical (unpaired) electrons. The highest BCUT2D eigenvalue weighted by Crippen LogP contribution is 2.28. The summed E-state index contributed by atoms with van der Waals surface area (Å²) in [6.45, 7) is 0. The fourth-order valence-corrected chi connectivity index (χ4v) is 3.58. The van der Waals surface area contributed by atoms with E-state index in [2.05, 4.69) is 22.6 Å². The van der Waals surface area contributed by atoms with E-state index in [0.717, 1.165) is 26.2 Å². The largest absolute Gasteiger partial charge is 0.772 e. The van der Waals surface area contributed by atoms with Crippen molar-refractivity contribution in [3.05, 3.63) is 75.7 Å². The number of hydrogen-bond donors (Lipinski definition) is 0. The molecule has 0 saturated carbocycles. The molecule has 0 amide bonds. The Balaban J connectivity index is 2.01. The molecule has 23 heavy (non-hydrogen) atoms. The molecule has 1 atom stereocenters. The van der Waals surface area contributed by atoms with E-state index in [1.165, 1.54) is 12.1 Å². The van der Waals surface area contributed by atoms with Crippen molar-refractivity contribution in [2.45, 2.75) is 5.75 Å². The smallest absolute Gasteiger partial charge is 0.123 e. The predicted molar refractivity (Wildman–Crippen MR) is 96.5 cm³/mol. The van der Waals surface area contributed by atoms with E-state index in [4.69, 9.17) is 0 Å². The van der Waals surface area contributed by atoms with Crippen molar-refractivity contribution in [3.8, 4) is 16.9 Å². The highest BCUT2D eigenvalue weighted by atomic mass is 127. The molecule has 0 spiro atoms. The molecule has 0 bridgehead atoms. The normalized spacial score (nSPS) is 12.3. The molecule has 0 saturated heterocycles. The number of hydrogen-bond acceptors (Lipinski definition) is 2. The van der Waals surface area contributed by atoms with Crippen LogP contribution in [0.3, 0.4) is 0 Å². The van der Waals surface area contributed by atoms with Crippen molar-refractivity contribution in [1.82, 2.24) is 4.57 Å². The van der Waals surface area contributed by atoms with Gasteiger partial charge in [0.25, 0.3) is 0 Å². The second-order valence-electron chi connectivity index (χ2n) is 5.00. The van der Waals surface area contributed by atoms with E-state index in [0.29, 0.717) is 0 Å². The Morgan fingerprint density at radius 1 is 1.00 bits per heavy atom. The SMILES string of the molecule is O=S([O-])Cc1ccc(-c2ccc(I)n2-c2ccc(F)cc2)cc1. The first kappa shape index (κ1) is 16.4. The lowest BCUT2D eigenvalue weighted by molar-refractivity contribution is 0.536. The summed E-state index contributed by atoms with van der Waals surface area (Å²) in [6.07, 6.45) is 0. The van der Waals surface area contributed by atoms with Gasteiger partial charge in [-0.1, -0.05) is 35.3 Å². The number of benzene rings is 2. The Bertz CT molecular complexity index is 844. The standard InChI is InChI=1S/C17H13FINO2S/c18-14-5-7-15(8-6-14)20-16(9-10-17(20)19)13-3-1-12(2-4-13)11-23(21)22/h1-10H,11H2,(H,21,22)/p-1. The maximum Gasteiger partial charge on any atom is 0.123 e. The van der Waals surface area contributed by atoms with Gasteiger partial charge in [0.2, 0.25) is 0 Å². The van der Waals surface area contributed by atoms with E-state index >= 15 is 0 Å². The van der Waals surface area contributed by atoms with E-state index in [1.807, 2.05) is 28.8 Å². The van der Waals surface area contributed by atoms with Gasteiger partial charge in [-0.25, -0.2) is 4.39 Å². The van der Waals surface area contributed by atoms with Crippen molar-refractivity contribution >= 4 is 33.7 Å². The van der Waals surface area contributed by atoms with Crippen LogP contribution >= 0.6 is 22.6 Å². The molecular weight excluding hydrogens is 428 g/mol. The Morgan fingerprint density at radius 3 is 2.26 bits per heavy atom. The molecule has 2 aromatic carbocycles. The minimum Gasteiger partial charge on any atom is -0.772 e.